The first-order chi connectivity index (χ1) is 17.0. The van der Waals surface area contributed by atoms with Gasteiger partial charge in [-0.2, -0.15) is 0 Å². The van der Waals surface area contributed by atoms with Crippen LogP contribution in [0, 0.1) is 0 Å². The molecule has 0 aliphatic carbocycles. The fraction of sp³-hybridized carbons (Fsp3) is 0.444. The van der Waals surface area contributed by atoms with Crippen LogP contribution in [-0.2, 0) is 29.1 Å². The van der Waals surface area contributed by atoms with E-state index in [1.54, 1.807) is 26.2 Å². The fourth-order valence-corrected chi connectivity index (χ4v) is 4.97. The maximum Gasteiger partial charge on any atom is 0.254 e. The highest BCUT2D eigenvalue weighted by molar-refractivity contribution is 5.98. The van der Waals surface area contributed by atoms with Gasteiger partial charge in [-0.15, -0.1) is 0 Å². The topological polar surface area (TPSA) is 88.2 Å². The van der Waals surface area contributed by atoms with E-state index in [1.165, 1.54) is 0 Å². The largest absolute Gasteiger partial charge is 0.493 e. The van der Waals surface area contributed by atoms with E-state index in [2.05, 4.69) is 5.32 Å². The van der Waals surface area contributed by atoms with Gasteiger partial charge < -0.3 is 24.6 Å². The number of unbranched alkanes of at least 4 members (excludes halogenated alkanes) is 2. The lowest BCUT2D eigenvalue weighted by molar-refractivity contribution is -0.141. The van der Waals surface area contributed by atoms with E-state index < -0.39 is 6.04 Å². The summed E-state index contributed by atoms with van der Waals surface area (Å²) >= 11 is 0. The molecule has 0 saturated carbocycles. The molecule has 35 heavy (non-hydrogen) atoms. The van der Waals surface area contributed by atoms with Crippen molar-refractivity contribution < 1.29 is 23.9 Å². The third-order valence-corrected chi connectivity index (χ3v) is 6.92. The highest BCUT2D eigenvalue weighted by Gasteiger charge is 2.34. The molecule has 8 nitrogen and oxygen atoms in total. The Labute approximate surface area is 206 Å². The molecule has 0 spiro atoms. The predicted octanol–water partition coefficient (Wildman–Crippen LogP) is 2.92. The molecule has 8 heteroatoms. The molecule has 0 aromatic heterocycles. The molecule has 2 aromatic rings. The first-order valence-corrected chi connectivity index (χ1v) is 12.1. The van der Waals surface area contributed by atoms with Crippen molar-refractivity contribution in [1.29, 1.82) is 0 Å². The van der Waals surface area contributed by atoms with Gasteiger partial charge in [-0.1, -0.05) is 24.6 Å². The van der Waals surface area contributed by atoms with E-state index in [4.69, 9.17) is 9.47 Å². The number of benzene rings is 2. The van der Waals surface area contributed by atoms with Crippen LogP contribution in [0.1, 0.15) is 52.7 Å². The van der Waals surface area contributed by atoms with Crippen molar-refractivity contribution in [1.82, 2.24) is 15.1 Å². The number of rotatable bonds is 9. The van der Waals surface area contributed by atoms with E-state index in [9.17, 15) is 14.4 Å². The average molecular weight is 480 g/mol. The second kappa shape index (κ2) is 10.8. The van der Waals surface area contributed by atoms with E-state index >= 15 is 0 Å². The number of carbonyl (C=O) groups excluding carboxylic acids is 3. The lowest BCUT2D eigenvalue weighted by Gasteiger charge is -2.36. The first-order valence-electron chi connectivity index (χ1n) is 12.1. The molecule has 1 unspecified atom stereocenters. The number of fused-ring (bicyclic) bond motifs is 2. The van der Waals surface area contributed by atoms with Crippen molar-refractivity contribution in [3.05, 3.63) is 58.7 Å². The Hall–Kier alpha value is -3.55. The summed E-state index contributed by atoms with van der Waals surface area (Å²) in [7, 11) is 4.75. The highest BCUT2D eigenvalue weighted by Crippen LogP contribution is 2.35. The van der Waals surface area contributed by atoms with Crippen LogP contribution in [0.15, 0.2) is 36.4 Å². The summed E-state index contributed by atoms with van der Waals surface area (Å²) in [6.07, 6.45) is 3.18. The van der Waals surface area contributed by atoms with Crippen molar-refractivity contribution in [2.75, 3.05) is 27.8 Å². The first kappa shape index (κ1) is 24.6. The molecule has 0 radical (unpaired) electrons. The zero-order chi connectivity index (χ0) is 24.9. The van der Waals surface area contributed by atoms with E-state index in [0.717, 1.165) is 35.1 Å². The van der Waals surface area contributed by atoms with Gasteiger partial charge in [-0.05, 0) is 47.7 Å². The normalized spacial score (nSPS) is 16.5. The van der Waals surface area contributed by atoms with Gasteiger partial charge in [0.2, 0.25) is 11.8 Å². The minimum atomic E-state index is -0.557. The molecule has 0 saturated heterocycles. The van der Waals surface area contributed by atoms with Gasteiger partial charge in [-0.3, -0.25) is 14.4 Å². The van der Waals surface area contributed by atoms with E-state index in [0.29, 0.717) is 50.4 Å². The van der Waals surface area contributed by atoms with E-state index in [1.807, 2.05) is 41.3 Å². The smallest absolute Gasteiger partial charge is 0.254 e. The summed E-state index contributed by atoms with van der Waals surface area (Å²) in [5.41, 5.74) is 3.81. The number of likely N-dealkylation sites (N-methyl/N-ethyl adjacent to an activating group) is 1. The Kier molecular flexibility index (Phi) is 7.58. The second-order valence-electron chi connectivity index (χ2n) is 9.03. The number of nitrogens with zero attached hydrogens (tertiary/aromatic N) is 2. The minimum absolute atomic E-state index is 0.0383. The quantitative estimate of drug-likeness (QED) is 0.559. The second-order valence-corrected chi connectivity index (χ2v) is 9.03. The molecule has 0 bridgehead atoms. The van der Waals surface area contributed by atoms with Crippen LogP contribution in [0.3, 0.4) is 0 Å². The van der Waals surface area contributed by atoms with Crippen molar-refractivity contribution in [2.45, 2.75) is 51.2 Å². The molecule has 4 rings (SSSR count). The third-order valence-electron chi connectivity index (χ3n) is 6.92. The van der Waals surface area contributed by atoms with Crippen LogP contribution >= 0.6 is 0 Å². The van der Waals surface area contributed by atoms with Crippen LogP contribution in [0.25, 0.3) is 0 Å². The molecule has 2 aliphatic rings. The maximum absolute atomic E-state index is 13.2. The molecule has 3 amide bonds. The average Bonchev–Trinajstić information content (AvgIpc) is 3.21. The van der Waals surface area contributed by atoms with Crippen LogP contribution < -0.4 is 14.8 Å². The van der Waals surface area contributed by atoms with Crippen LogP contribution in [0.2, 0.25) is 0 Å². The number of ether oxygens (including phenoxy) is 2. The summed E-state index contributed by atoms with van der Waals surface area (Å²) in [6.45, 7) is 1.69. The minimum Gasteiger partial charge on any atom is -0.493 e. The fourth-order valence-electron chi connectivity index (χ4n) is 4.97. The third kappa shape index (κ3) is 5.11. The number of methoxy groups -OCH3 is 2. The molecule has 2 aliphatic heterocycles. The van der Waals surface area contributed by atoms with Crippen LogP contribution in [-0.4, -0.2) is 61.4 Å². The van der Waals surface area contributed by atoms with Crippen LogP contribution in [0.4, 0.5) is 0 Å². The number of hydrogen-bond acceptors (Lipinski definition) is 5. The highest BCUT2D eigenvalue weighted by atomic mass is 16.5. The zero-order valence-corrected chi connectivity index (χ0v) is 20.6. The molecule has 2 heterocycles. The summed E-state index contributed by atoms with van der Waals surface area (Å²) < 4.78 is 10.8. The molecule has 186 valence electrons. The Morgan fingerprint density at radius 3 is 2.37 bits per heavy atom. The summed E-state index contributed by atoms with van der Waals surface area (Å²) in [6, 6.07) is 10.9. The molecule has 2 aromatic carbocycles. The van der Waals surface area contributed by atoms with Gasteiger partial charge in [-0.25, -0.2) is 0 Å². The predicted molar refractivity (Wildman–Crippen MR) is 131 cm³/mol. The summed E-state index contributed by atoms with van der Waals surface area (Å²) in [5, 5.41) is 2.69. The van der Waals surface area contributed by atoms with Gasteiger partial charge in [0.05, 0.1) is 14.2 Å². The number of nitrogens with one attached hydrogen (secondary N) is 1. The van der Waals surface area contributed by atoms with Crippen molar-refractivity contribution >= 4 is 17.7 Å². The Morgan fingerprint density at radius 1 is 0.971 bits per heavy atom. The van der Waals surface area contributed by atoms with Crippen molar-refractivity contribution in [3.63, 3.8) is 0 Å². The molecule has 1 N–H and O–H groups in total. The van der Waals surface area contributed by atoms with Gasteiger partial charge in [0, 0.05) is 45.1 Å². The molecule has 0 fully saturated rings. The zero-order valence-electron chi connectivity index (χ0n) is 20.6. The molecule has 1 atom stereocenters. The lowest BCUT2D eigenvalue weighted by atomic mass is 9.92. The summed E-state index contributed by atoms with van der Waals surface area (Å²) in [5.74, 6) is 1.09. The summed E-state index contributed by atoms with van der Waals surface area (Å²) in [4.78, 5) is 41.8. The number of carbonyl (C=O) groups is 3. The van der Waals surface area contributed by atoms with Gasteiger partial charge >= 0.3 is 0 Å². The number of amides is 3. The van der Waals surface area contributed by atoms with Crippen molar-refractivity contribution in [2.24, 2.45) is 0 Å². The Bertz CT molecular complexity index is 1120. The Balaban J connectivity index is 1.33. The maximum atomic E-state index is 13.2. The SMILES string of the molecule is CNC(=O)C1Cc2cc(OC)c(OC)cc2CN1C(=O)CCCCCN1Cc2ccccc2C1=O. The Morgan fingerprint density at radius 2 is 1.69 bits per heavy atom. The monoisotopic (exact) mass is 479 g/mol. The molecular formula is C27H33N3O5. The molecular weight excluding hydrogens is 446 g/mol. The standard InChI is InChI=1S/C27H33N3O5/c1-28-26(32)22-13-19-14-23(34-2)24(35-3)15-20(19)17-30(22)25(31)11-5-4-8-12-29-16-18-9-6-7-10-21(18)27(29)33/h6-7,9-10,14-15,22H,4-5,8,11-13,16-17H2,1-3H3,(H,28,32). The van der Waals surface area contributed by atoms with E-state index in [-0.39, 0.29) is 17.7 Å². The lowest BCUT2D eigenvalue weighted by Crippen LogP contribution is -2.51. The van der Waals surface area contributed by atoms with Gasteiger partial charge in [0.15, 0.2) is 11.5 Å². The number of hydrogen-bond donors (Lipinski definition) is 1. The van der Waals surface area contributed by atoms with Gasteiger partial charge in [0.1, 0.15) is 6.04 Å². The van der Waals surface area contributed by atoms with Crippen molar-refractivity contribution in [3.8, 4) is 11.5 Å². The van der Waals surface area contributed by atoms with Gasteiger partial charge in [0.25, 0.3) is 5.91 Å². The van der Waals surface area contributed by atoms with Crippen LogP contribution in [0.5, 0.6) is 11.5 Å².